The van der Waals surface area contributed by atoms with E-state index in [4.69, 9.17) is 5.73 Å². The molecule has 1 rings (SSSR count). The van der Waals surface area contributed by atoms with E-state index in [2.05, 4.69) is 40.1 Å². The number of nitrogens with zero attached hydrogens (tertiary/aromatic N) is 1. The van der Waals surface area contributed by atoms with Crippen molar-refractivity contribution in [3.05, 3.63) is 20.8 Å². The summed E-state index contributed by atoms with van der Waals surface area (Å²) >= 11 is 5.14. The number of halogens is 1. The van der Waals surface area contributed by atoms with Crippen LogP contribution in [0.4, 0.5) is 0 Å². The molecule has 3 nitrogen and oxygen atoms in total. The lowest BCUT2D eigenvalue weighted by molar-refractivity contribution is 0.622. The Morgan fingerprint density at radius 2 is 2.40 bits per heavy atom. The minimum absolute atomic E-state index is 0.518. The van der Waals surface area contributed by atoms with Gasteiger partial charge in [-0.05, 0) is 33.3 Å². The highest BCUT2D eigenvalue weighted by Gasteiger charge is 2.00. The minimum atomic E-state index is 0.518. The fourth-order valence-corrected chi connectivity index (χ4v) is 2.36. The SMILES string of the molecule is CC(C)CNC(N)=NCc1sccc1Br. The van der Waals surface area contributed by atoms with Crippen LogP contribution in [0.5, 0.6) is 0 Å². The second kappa shape index (κ2) is 6.12. The van der Waals surface area contributed by atoms with Crippen LogP contribution in [-0.2, 0) is 6.54 Å². The van der Waals surface area contributed by atoms with Crippen molar-refractivity contribution in [3.63, 3.8) is 0 Å². The summed E-state index contributed by atoms with van der Waals surface area (Å²) in [6.45, 7) is 5.77. The monoisotopic (exact) mass is 289 g/mol. The first-order chi connectivity index (χ1) is 7.09. The lowest BCUT2D eigenvalue weighted by Gasteiger charge is -2.07. The van der Waals surface area contributed by atoms with Gasteiger partial charge < -0.3 is 11.1 Å². The summed E-state index contributed by atoms with van der Waals surface area (Å²) in [5.74, 6) is 1.09. The maximum atomic E-state index is 5.72. The summed E-state index contributed by atoms with van der Waals surface area (Å²) in [6.07, 6.45) is 0. The number of hydrogen-bond acceptors (Lipinski definition) is 2. The highest BCUT2D eigenvalue weighted by Crippen LogP contribution is 2.23. The summed E-state index contributed by atoms with van der Waals surface area (Å²) in [5.41, 5.74) is 5.72. The normalized spacial score (nSPS) is 12.1. The van der Waals surface area contributed by atoms with Crippen LogP contribution in [-0.4, -0.2) is 12.5 Å². The van der Waals surface area contributed by atoms with Crippen LogP contribution in [0.15, 0.2) is 20.9 Å². The van der Waals surface area contributed by atoms with Crippen LogP contribution in [0.3, 0.4) is 0 Å². The predicted molar refractivity (Wildman–Crippen MR) is 70.2 cm³/mol. The van der Waals surface area contributed by atoms with Crippen molar-refractivity contribution in [1.29, 1.82) is 0 Å². The number of nitrogens with one attached hydrogen (secondary N) is 1. The molecular weight excluding hydrogens is 274 g/mol. The van der Waals surface area contributed by atoms with Gasteiger partial charge in [0, 0.05) is 15.9 Å². The van der Waals surface area contributed by atoms with Gasteiger partial charge in [0.25, 0.3) is 0 Å². The molecule has 5 heteroatoms. The van der Waals surface area contributed by atoms with E-state index in [1.54, 1.807) is 11.3 Å². The van der Waals surface area contributed by atoms with Crippen LogP contribution in [0.25, 0.3) is 0 Å². The summed E-state index contributed by atoms with van der Waals surface area (Å²) in [7, 11) is 0. The van der Waals surface area contributed by atoms with E-state index in [9.17, 15) is 0 Å². The summed E-state index contributed by atoms with van der Waals surface area (Å²) < 4.78 is 1.10. The van der Waals surface area contributed by atoms with E-state index in [1.165, 1.54) is 4.88 Å². The molecule has 1 heterocycles. The standard InChI is InChI=1S/C10H16BrN3S/c1-7(2)5-13-10(12)14-6-9-8(11)3-4-15-9/h3-4,7H,5-6H2,1-2H3,(H3,12,13,14). The van der Waals surface area contributed by atoms with Crippen molar-refractivity contribution in [1.82, 2.24) is 5.32 Å². The number of guanidine groups is 1. The fourth-order valence-electron chi connectivity index (χ4n) is 0.959. The molecule has 0 spiro atoms. The van der Waals surface area contributed by atoms with Gasteiger partial charge in [-0.1, -0.05) is 13.8 Å². The highest BCUT2D eigenvalue weighted by atomic mass is 79.9. The van der Waals surface area contributed by atoms with Gasteiger partial charge in [-0.2, -0.15) is 0 Å². The fraction of sp³-hybridized carbons (Fsp3) is 0.500. The van der Waals surface area contributed by atoms with Gasteiger partial charge in [-0.15, -0.1) is 11.3 Å². The van der Waals surface area contributed by atoms with Crippen LogP contribution in [0.2, 0.25) is 0 Å². The van der Waals surface area contributed by atoms with Gasteiger partial charge in [-0.25, -0.2) is 4.99 Å². The molecule has 1 aromatic rings. The Balaban J connectivity index is 2.40. The van der Waals surface area contributed by atoms with Crippen molar-refractivity contribution in [2.24, 2.45) is 16.6 Å². The molecule has 0 aromatic carbocycles. The van der Waals surface area contributed by atoms with E-state index in [0.29, 0.717) is 18.4 Å². The molecule has 0 fully saturated rings. The second-order valence-electron chi connectivity index (χ2n) is 3.67. The van der Waals surface area contributed by atoms with Gasteiger partial charge in [0.05, 0.1) is 6.54 Å². The molecule has 0 radical (unpaired) electrons. The van der Waals surface area contributed by atoms with Crippen LogP contribution in [0, 0.1) is 5.92 Å². The number of rotatable bonds is 4. The number of thiophene rings is 1. The summed E-state index contributed by atoms with van der Waals surface area (Å²) in [4.78, 5) is 5.46. The Bertz CT molecular complexity index is 333. The first-order valence-electron chi connectivity index (χ1n) is 4.85. The van der Waals surface area contributed by atoms with Crippen LogP contribution in [0.1, 0.15) is 18.7 Å². The van der Waals surface area contributed by atoms with E-state index < -0.39 is 0 Å². The number of nitrogens with two attached hydrogens (primary N) is 1. The molecule has 0 saturated carbocycles. The Labute approximate surface area is 103 Å². The molecule has 1 aromatic heterocycles. The highest BCUT2D eigenvalue weighted by molar-refractivity contribution is 9.10. The lowest BCUT2D eigenvalue weighted by Crippen LogP contribution is -2.34. The maximum Gasteiger partial charge on any atom is 0.188 e. The molecule has 0 saturated heterocycles. The van der Waals surface area contributed by atoms with E-state index in [-0.39, 0.29) is 0 Å². The van der Waals surface area contributed by atoms with Gasteiger partial charge in [0.1, 0.15) is 0 Å². The van der Waals surface area contributed by atoms with Crippen molar-refractivity contribution in [2.45, 2.75) is 20.4 Å². The third-order valence-electron chi connectivity index (χ3n) is 1.78. The number of aliphatic imine (C=N–C) groups is 1. The van der Waals surface area contributed by atoms with Gasteiger partial charge >= 0.3 is 0 Å². The first-order valence-corrected chi connectivity index (χ1v) is 6.52. The Hall–Kier alpha value is -0.550. The van der Waals surface area contributed by atoms with Crippen LogP contribution >= 0.6 is 27.3 Å². The minimum Gasteiger partial charge on any atom is -0.370 e. The third kappa shape index (κ3) is 4.66. The lowest BCUT2D eigenvalue weighted by atomic mass is 10.2. The third-order valence-corrected chi connectivity index (χ3v) is 3.69. The molecule has 3 N–H and O–H groups in total. The smallest absolute Gasteiger partial charge is 0.188 e. The summed E-state index contributed by atoms with van der Waals surface area (Å²) in [6, 6.07) is 2.02. The second-order valence-corrected chi connectivity index (χ2v) is 5.52. The summed E-state index contributed by atoms with van der Waals surface area (Å²) in [5, 5.41) is 5.12. The van der Waals surface area contributed by atoms with Gasteiger partial charge in [-0.3, -0.25) is 0 Å². The largest absolute Gasteiger partial charge is 0.370 e. The molecule has 0 aliphatic rings. The molecule has 15 heavy (non-hydrogen) atoms. The Morgan fingerprint density at radius 1 is 1.67 bits per heavy atom. The predicted octanol–water partition coefficient (Wildman–Crippen LogP) is 2.57. The van der Waals surface area contributed by atoms with Crippen LogP contribution < -0.4 is 11.1 Å². The molecule has 0 aliphatic carbocycles. The topological polar surface area (TPSA) is 50.4 Å². The van der Waals surface area contributed by atoms with E-state index >= 15 is 0 Å². The van der Waals surface area contributed by atoms with Crippen molar-refractivity contribution < 1.29 is 0 Å². The molecule has 84 valence electrons. The molecule has 0 atom stereocenters. The zero-order valence-corrected chi connectivity index (χ0v) is 11.4. The Morgan fingerprint density at radius 3 is 2.93 bits per heavy atom. The Kier molecular flexibility index (Phi) is 5.11. The molecule has 0 bridgehead atoms. The van der Waals surface area contributed by atoms with E-state index in [0.717, 1.165) is 11.0 Å². The maximum absolute atomic E-state index is 5.72. The zero-order valence-electron chi connectivity index (χ0n) is 8.96. The molecule has 0 unspecified atom stereocenters. The quantitative estimate of drug-likeness (QED) is 0.661. The van der Waals surface area contributed by atoms with Gasteiger partial charge in [0.15, 0.2) is 5.96 Å². The zero-order chi connectivity index (χ0) is 11.3. The average Bonchev–Trinajstić information content (AvgIpc) is 2.58. The van der Waals surface area contributed by atoms with Crippen molar-refractivity contribution in [2.75, 3.05) is 6.54 Å². The van der Waals surface area contributed by atoms with Crippen molar-refractivity contribution >= 4 is 33.2 Å². The first kappa shape index (κ1) is 12.5. The molecule has 0 amide bonds. The molecular formula is C10H16BrN3S. The molecule has 0 aliphatic heterocycles. The number of hydrogen-bond donors (Lipinski definition) is 2. The average molecular weight is 290 g/mol. The van der Waals surface area contributed by atoms with Gasteiger partial charge in [0.2, 0.25) is 0 Å². The van der Waals surface area contributed by atoms with E-state index in [1.807, 2.05) is 11.4 Å². The van der Waals surface area contributed by atoms with Crippen molar-refractivity contribution in [3.8, 4) is 0 Å².